The molecule has 0 saturated heterocycles. The molecule has 0 radical (unpaired) electrons. The minimum atomic E-state index is -0.192. The Kier molecular flexibility index (Phi) is 8.89. The van der Waals surface area contributed by atoms with Crippen molar-refractivity contribution in [3.63, 3.8) is 0 Å². The van der Waals surface area contributed by atoms with E-state index in [2.05, 4.69) is 92.7 Å². The standard InChI is InChI=1S/C53H45NO5/c1-6-8-9-30(7-2)29-54-52(55)50-41-26-23-38-37(31-10-16-34(57-3)17-11-31)22-25-40-45(38)48(41)49-42(51(50)53(54)56)27-24-39-43(32-12-18-35(58-4)19-13-32)28-44(46(40)47(39)49)33-14-20-36(59-5)21-15-33/h10-28,30H,6-9,29H2,1-5H3. The Bertz CT molecular complexity index is 3290. The van der Waals surface area contributed by atoms with Crippen LogP contribution in [0.5, 0.6) is 17.2 Å². The van der Waals surface area contributed by atoms with Crippen molar-refractivity contribution >= 4 is 64.6 Å². The molecular weight excluding hydrogens is 731 g/mol. The third kappa shape index (κ3) is 5.53. The molecule has 0 fully saturated rings. The molecule has 1 heterocycles. The van der Waals surface area contributed by atoms with E-state index in [0.717, 1.165) is 130 Å². The van der Waals surface area contributed by atoms with Crippen LogP contribution in [0.15, 0.2) is 125 Å². The number of fused-ring (bicyclic) bond motifs is 4. The van der Waals surface area contributed by atoms with Crippen molar-refractivity contribution in [3.05, 3.63) is 136 Å². The van der Waals surface area contributed by atoms with Gasteiger partial charge in [-0.1, -0.05) is 106 Å². The van der Waals surface area contributed by atoms with Gasteiger partial charge >= 0.3 is 0 Å². The first-order valence-corrected chi connectivity index (χ1v) is 20.7. The molecule has 0 bridgehead atoms. The number of benzene rings is 9. The van der Waals surface area contributed by atoms with Gasteiger partial charge in [-0.3, -0.25) is 14.2 Å². The first-order valence-electron chi connectivity index (χ1n) is 20.7. The Morgan fingerprint density at radius 2 is 0.881 bits per heavy atom. The Morgan fingerprint density at radius 3 is 1.39 bits per heavy atom. The second-order valence-electron chi connectivity index (χ2n) is 15.9. The highest BCUT2D eigenvalue weighted by molar-refractivity contribution is 6.46. The van der Waals surface area contributed by atoms with Crippen molar-refractivity contribution in [2.45, 2.75) is 46.1 Å². The lowest BCUT2D eigenvalue weighted by molar-refractivity contribution is 0.384. The molecule has 0 N–H and O–H groups in total. The zero-order valence-corrected chi connectivity index (χ0v) is 34.1. The number of hydrogen-bond donors (Lipinski definition) is 0. The van der Waals surface area contributed by atoms with Crippen LogP contribution in [0.25, 0.3) is 98.0 Å². The quantitative estimate of drug-likeness (QED) is 0.0913. The minimum absolute atomic E-state index is 0.189. The molecule has 0 aliphatic carbocycles. The molecule has 10 aromatic rings. The Morgan fingerprint density at radius 1 is 0.458 bits per heavy atom. The third-order valence-electron chi connectivity index (χ3n) is 12.9. The Labute approximate surface area is 342 Å². The SMILES string of the molecule is CCCCC(CC)Cn1c(=O)c2c3ccc4c(-c5ccc(OC)cc5)ccc5c6c(-c7ccc(OC)cc7)cc(-c7ccc(OC)cc7)c7ccc(c2c1=O)c(c76)c3c45. The first kappa shape index (κ1) is 36.7. The highest BCUT2D eigenvalue weighted by Gasteiger charge is 2.28. The van der Waals surface area contributed by atoms with Crippen LogP contribution in [0.1, 0.15) is 39.5 Å². The molecule has 1 unspecified atom stereocenters. The summed E-state index contributed by atoms with van der Waals surface area (Å²) in [7, 11) is 5.05. The predicted molar refractivity (Wildman–Crippen MR) is 245 cm³/mol. The number of ether oxygens (including phenoxy) is 3. The summed E-state index contributed by atoms with van der Waals surface area (Å²) in [4.78, 5) is 29.7. The van der Waals surface area contributed by atoms with Gasteiger partial charge in [-0.15, -0.1) is 0 Å². The van der Waals surface area contributed by atoms with E-state index in [0.29, 0.717) is 17.3 Å². The summed E-state index contributed by atoms with van der Waals surface area (Å²) < 4.78 is 18.2. The van der Waals surface area contributed by atoms with Crippen molar-refractivity contribution in [2.24, 2.45) is 5.92 Å². The first-order chi connectivity index (χ1) is 28.9. The molecular formula is C53H45NO5. The molecule has 10 rings (SSSR count). The van der Waals surface area contributed by atoms with E-state index < -0.39 is 0 Å². The van der Waals surface area contributed by atoms with Crippen molar-refractivity contribution in [1.82, 2.24) is 4.57 Å². The molecule has 59 heavy (non-hydrogen) atoms. The van der Waals surface area contributed by atoms with Crippen LogP contribution in [-0.2, 0) is 6.54 Å². The van der Waals surface area contributed by atoms with E-state index >= 15 is 0 Å². The van der Waals surface area contributed by atoms with Gasteiger partial charge < -0.3 is 14.2 Å². The average molecular weight is 776 g/mol. The van der Waals surface area contributed by atoms with E-state index in [4.69, 9.17) is 14.2 Å². The Hall–Kier alpha value is -6.66. The fraction of sp³-hybridized carbons (Fsp3) is 0.208. The van der Waals surface area contributed by atoms with Crippen LogP contribution >= 0.6 is 0 Å². The zero-order chi connectivity index (χ0) is 40.5. The van der Waals surface area contributed by atoms with Crippen LogP contribution < -0.4 is 25.3 Å². The summed E-state index contributed by atoms with van der Waals surface area (Å²) >= 11 is 0. The van der Waals surface area contributed by atoms with Gasteiger partial charge in [0.25, 0.3) is 11.1 Å². The normalized spacial score (nSPS) is 12.6. The average Bonchev–Trinajstić information content (AvgIpc) is 3.54. The van der Waals surface area contributed by atoms with Crippen molar-refractivity contribution in [3.8, 4) is 50.6 Å². The smallest absolute Gasteiger partial charge is 0.262 e. The maximum atomic E-state index is 14.9. The molecule has 292 valence electrons. The van der Waals surface area contributed by atoms with Gasteiger partial charge in [-0.25, -0.2) is 0 Å². The van der Waals surface area contributed by atoms with Gasteiger partial charge in [0.2, 0.25) is 0 Å². The predicted octanol–water partition coefficient (Wildman–Crippen LogP) is 12.7. The molecule has 0 aliphatic rings. The van der Waals surface area contributed by atoms with E-state index in [1.807, 2.05) is 36.4 Å². The molecule has 0 aliphatic heterocycles. The summed E-state index contributed by atoms with van der Waals surface area (Å²) in [5, 5.41) is 11.3. The number of methoxy groups -OCH3 is 3. The molecule has 1 aromatic heterocycles. The van der Waals surface area contributed by atoms with Gasteiger partial charge in [0.05, 0.1) is 32.1 Å². The van der Waals surface area contributed by atoms with Gasteiger partial charge in [-0.05, 0) is 142 Å². The van der Waals surface area contributed by atoms with E-state index in [-0.39, 0.29) is 17.0 Å². The monoisotopic (exact) mass is 775 g/mol. The van der Waals surface area contributed by atoms with Crippen LogP contribution in [0.4, 0.5) is 0 Å². The molecule has 9 aromatic carbocycles. The summed E-state index contributed by atoms with van der Waals surface area (Å²) in [6.45, 7) is 4.77. The highest BCUT2D eigenvalue weighted by atomic mass is 16.5. The van der Waals surface area contributed by atoms with Crippen LogP contribution in [0, 0.1) is 5.92 Å². The van der Waals surface area contributed by atoms with Crippen LogP contribution in [0.3, 0.4) is 0 Å². The van der Waals surface area contributed by atoms with E-state index in [1.165, 1.54) is 0 Å². The van der Waals surface area contributed by atoms with Crippen LogP contribution in [-0.4, -0.2) is 25.9 Å². The summed E-state index contributed by atoms with van der Waals surface area (Å²) in [5.74, 6) is 2.61. The molecule has 0 saturated carbocycles. The summed E-state index contributed by atoms with van der Waals surface area (Å²) in [6.07, 6.45) is 4.04. The zero-order valence-electron chi connectivity index (χ0n) is 34.1. The maximum absolute atomic E-state index is 14.9. The van der Waals surface area contributed by atoms with Crippen molar-refractivity contribution < 1.29 is 14.2 Å². The second kappa shape index (κ2) is 14.3. The number of unbranched alkanes of at least 4 members (excludes halogenated alkanes) is 1. The van der Waals surface area contributed by atoms with Gasteiger partial charge in [0, 0.05) is 6.54 Å². The highest BCUT2D eigenvalue weighted by Crippen LogP contribution is 2.53. The number of rotatable bonds is 12. The molecule has 1 atom stereocenters. The van der Waals surface area contributed by atoms with Crippen molar-refractivity contribution in [1.29, 1.82) is 0 Å². The maximum Gasteiger partial charge on any atom is 0.262 e. The fourth-order valence-corrected chi connectivity index (χ4v) is 9.83. The third-order valence-corrected chi connectivity index (χ3v) is 12.9. The molecule has 0 spiro atoms. The lowest BCUT2D eigenvalue weighted by atomic mass is 9.79. The lowest BCUT2D eigenvalue weighted by Crippen LogP contribution is -2.29. The second-order valence-corrected chi connectivity index (χ2v) is 15.9. The van der Waals surface area contributed by atoms with Gasteiger partial charge in [-0.2, -0.15) is 0 Å². The minimum Gasteiger partial charge on any atom is -0.497 e. The van der Waals surface area contributed by atoms with Crippen molar-refractivity contribution in [2.75, 3.05) is 21.3 Å². The van der Waals surface area contributed by atoms with E-state index in [1.54, 1.807) is 25.9 Å². The van der Waals surface area contributed by atoms with Gasteiger partial charge in [0.1, 0.15) is 17.2 Å². The fourth-order valence-electron chi connectivity index (χ4n) is 9.83. The Balaban J connectivity index is 1.42. The summed E-state index contributed by atoms with van der Waals surface area (Å²) in [5.41, 5.74) is 6.03. The van der Waals surface area contributed by atoms with Crippen LogP contribution in [0.2, 0.25) is 0 Å². The molecule has 6 heteroatoms. The lowest BCUT2D eigenvalue weighted by Gasteiger charge is -2.23. The molecule has 6 nitrogen and oxygen atoms in total. The van der Waals surface area contributed by atoms with Gasteiger partial charge in [0.15, 0.2) is 0 Å². The topological polar surface area (TPSA) is 66.8 Å². The number of hydrogen-bond acceptors (Lipinski definition) is 5. The largest absolute Gasteiger partial charge is 0.497 e. The van der Waals surface area contributed by atoms with E-state index in [9.17, 15) is 9.59 Å². The molecule has 0 amide bonds. The number of aromatic nitrogens is 1. The number of nitrogens with zero attached hydrogens (tertiary/aromatic N) is 1. The summed E-state index contributed by atoms with van der Waals surface area (Å²) in [6, 6.07) is 40.0.